The van der Waals surface area contributed by atoms with E-state index in [9.17, 15) is 4.79 Å². The average Bonchev–Trinajstić information content (AvgIpc) is 3.06. The van der Waals surface area contributed by atoms with Crippen LogP contribution < -0.4 is 10.1 Å². The molecular formula is C12H9N3O2S2. The molecule has 0 unspecified atom stereocenters. The number of thiazole rings is 1. The van der Waals surface area contributed by atoms with Crippen molar-refractivity contribution in [2.45, 2.75) is 0 Å². The quantitative estimate of drug-likeness (QED) is 0.805. The molecule has 5 nitrogen and oxygen atoms in total. The highest BCUT2D eigenvalue weighted by molar-refractivity contribution is 7.22. The van der Waals surface area contributed by atoms with Crippen LogP contribution in [0.25, 0.3) is 10.3 Å². The molecule has 1 amide bonds. The lowest BCUT2D eigenvalue weighted by Gasteiger charge is -1.96. The molecule has 1 N–H and O–H groups in total. The Hall–Kier alpha value is -1.99. The van der Waals surface area contributed by atoms with Crippen LogP contribution in [0.15, 0.2) is 29.8 Å². The van der Waals surface area contributed by atoms with Gasteiger partial charge in [-0.25, -0.2) is 9.97 Å². The van der Waals surface area contributed by atoms with Crippen molar-refractivity contribution in [1.82, 2.24) is 9.97 Å². The molecule has 0 aliphatic rings. The van der Waals surface area contributed by atoms with Crippen LogP contribution in [0.5, 0.6) is 5.75 Å². The van der Waals surface area contributed by atoms with Gasteiger partial charge in [-0.15, -0.1) is 11.3 Å². The monoisotopic (exact) mass is 291 g/mol. The molecule has 3 rings (SSSR count). The van der Waals surface area contributed by atoms with E-state index < -0.39 is 0 Å². The number of thiophene rings is 1. The average molecular weight is 291 g/mol. The van der Waals surface area contributed by atoms with Crippen molar-refractivity contribution in [2.24, 2.45) is 0 Å². The number of nitrogens with zero attached hydrogens (tertiary/aromatic N) is 2. The number of carbonyl (C=O) groups excluding carboxylic acids is 1. The highest BCUT2D eigenvalue weighted by Crippen LogP contribution is 2.27. The lowest BCUT2D eigenvalue weighted by molar-refractivity contribution is 0.103. The summed E-state index contributed by atoms with van der Waals surface area (Å²) in [7, 11) is 1.58. The number of fused-ring (bicyclic) bond motifs is 1. The summed E-state index contributed by atoms with van der Waals surface area (Å²) in [4.78, 5) is 21.9. The lowest BCUT2D eigenvalue weighted by atomic mass is 10.4. The molecule has 0 aromatic carbocycles. The summed E-state index contributed by atoms with van der Waals surface area (Å²) in [6, 6.07) is 5.40. The zero-order valence-corrected chi connectivity index (χ0v) is 11.5. The number of hydrogen-bond acceptors (Lipinski definition) is 6. The Bertz CT molecular complexity index is 722. The Morgan fingerprint density at radius 1 is 1.47 bits per heavy atom. The first-order chi connectivity index (χ1) is 9.26. The van der Waals surface area contributed by atoms with Gasteiger partial charge in [0.2, 0.25) is 0 Å². The minimum atomic E-state index is -0.152. The molecule has 3 aromatic heterocycles. The van der Waals surface area contributed by atoms with Crippen molar-refractivity contribution in [2.75, 3.05) is 12.4 Å². The number of rotatable bonds is 3. The normalized spacial score (nSPS) is 10.6. The first-order valence-corrected chi connectivity index (χ1v) is 7.11. The second-order valence-corrected chi connectivity index (χ2v) is 5.58. The number of ether oxygens (including phenoxy) is 1. The predicted octanol–water partition coefficient (Wildman–Crippen LogP) is 3.01. The molecule has 3 heterocycles. The van der Waals surface area contributed by atoms with E-state index in [1.165, 1.54) is 22.7 Å². The molecule has 0 fully saturated rings. The van der Waals surface area contributed by atoms with Gasteiger partial charge in [0.25, 0.3) is 5.91 Å². The Morgan fingerprint density at radius 3 is 3.11 bits per heavy atom. The van der Waals surface area contributed by atoms with Crippen LogP contribution in [0.3, 0.4) is 0 Å². The summed E-state index contributed by atoms with van der Waals surface area (Å²) in [6.07, 6.45) is 1.63. The molecule has 7 heteroatoms. The largest absolute Gasteiger partial charge is 0.495 e. The minimum Gasteiger partial charge on any atom is -0.495 e. The molecule has 3 aromatic rings. The second kappa shape index (κ2) is 4.94. The molecule has 0 saturated heterocycles. The van der Waals surface area contributed by atoms with E-state index >= 15 is 0 Å². The van der Waals surface area contributed by atoms with Gasteiger partial charge >= 0.3 is 0 Å². The zero-order chi connectivity index (χ0) is 13.2. The fraction of sp³-hybridized carbons (Fsp3) is 0.0833. The van der Waals surface area contributed by atoms with Crippen LogP contribution in [0.1, 0.15) is 9.67 Å². The van der Waals surface area contributed by atoms with Gasteiger partial charge in [0.05, 0.1) is 18.2 Å². The maximum atomic E-state index is 11.9. The molecule has 19 heavy (non-hydrogen) atoms. The summed E-state index contributed by atoms with van der Waals surface area (Å²) in [6.45, 7) is 0. The number of carbonyl (C=O) groups is 1. The number of hydrogen-bond donors (Lipinski definition) is 1. The van der Waals surface area contributed by atoms with E-state index in [-0.39, 0.29) is 5.91 Å². The number of nitrogens with one attached hydrogen (secondary N) is 1. The fourth-order valence-corrected chi connectivity index (χ4v) is 2.94. The number of aromatic nitrogens is 2. The molecular weight excluding hydrogens is 282 g/mol. The number of amides is 1. The summed E-state index contributed by atoms with van der Waals surface area (Å²) in [5.41, 5.74) is 0.714. The van der Waals surface area contributed by atoms with Gasteiger partial charge in [0.1, 0.15) is 16.1 Å². The third kappa shape index (κ3) is 2.42. The van der Waals surface area contributed by atoms with Gasteiger partial charge in [-0.2, -0.15) is 0 Å². The molecule has 0 aliphatic carbocycles. The van der Waals surface area contributed by atoms with Gasteiger partial charge in [0, 0.05) is 6.07 Å². The topological polar surface area (TPSA) is 64.1 Å². The van der Waals surface area contributed by atoms with E-state index in [2.05, 4.69) is 15.3 Å². The van der Waals surface area contributed by atoms with Crippen molar-refractivity contribution in [3.05, 3.63) is 34.7 Å². The highest BCUT2D eigenvalue weighted by Gasteiger charge is 2.11. The van der Waals surface area contributed by atoms with Crippen LogP contribution in [0.4, 0.5) is 5.13 Å². The number of pyridine rings is 1. The highest BCUT2D eigenvalue weighted by atomic mass is 32.1. The third-order valence-electron chi connectivity index (χ3n) is 2.42. The summed E-state index contributed by atoms with van der Waals surface area (Å²) >= 11 is 2.73. The van der Waals surface area contributed by atoms with Crippen LogP contribution >= 0.6 is 22.7 Å². The van der Waals surface area contributed by atoms with Crippen molar-refractivity contribution >= 4 is 44.1 Å². The summed E-state index contributed by atoms with van der Waals surface area (Å²) in [5.74, 6) is 0.495. The Balaban J connectivity index is 1.87. The van der Waals surface area contributed by atoms with E-state index in [0.29, 0.717) is 21.3 Å². The zero-order valence-electron chi connectivity index (χ0n) is 9.91. The van der Waals surface area contributed by atoms with Crippen molar-refractivity contribution < 1.29 is 9.53 Å². The van der Waals surface area contributed by atoms with E-state index in [4.69, 9.17) is 4.74 Å². The number of anilines is 1. The van der Waals surface area contributed by atoms with Crippen molar-refractivity contribution in [1.29, 1.82) is 0 Å². The predicted molar refractivity (Wildman–Crippen MR) is 76.2 cm³/mol. The molecule has 0 spiro atoms. The van der Waals surface area contributed by atoms with E-state index in [0.717, 1.165) is 4.83 Å². The molecule has 96 valence electrons. The maximum Gasteiger partial charge on any atom is 0.267 e. The third-order valence-corrected chi connectivity index (χ3v) is 4.19. The molecule has 0 saturated carbocycles. The SMILES string of the molecule is COc1cnc2sc(NC(=O)c3cccs3)nc2c1. The first-order valence-electron chi connectivity index (χ1n) is 5.41. The van der Waals surface area contributed by atoms with Crippen LogP contribution in [-0.2, 0) is 0 Å². The van der Waals surface area contributed by atoms with Gasteiger partial charge in [-0.05, 0) is 11.4 Å². The van der Waals surface area contributed by atoms with Gasteiger partial charge in [-0.3, -0.25) is 10.1 Å². The van der Waals surface area contributed by atoms with Gasteiger partial charge in [0.15, 0.2) is 5.13 Å². The van der Waals surface area contributed by atoms with Crippen LogP contribution in [0, 0.1) is 0 Å². The van der Waals surface area contributed by atoms with E-state index in [1.54, 1.807) is 25.4 Å². The van der Waals surface area contributed by atoms with Crippen molar-refractivity contribution in [3.8, 4) is 5.75 Å². The minimum absolute atomic E-state index is 0.152. The Morgan fingerprint density at radius 2 is 2.37 bits per heavy atom. The first kappa shape index (κ1) is 12.1. The Kier molecular flexibility index (Phi) is 3.14. The molecule has 0 radical (unpaired) electrons. The molecule has 0 bridgehead atoms. The summed E-state index contributed by atoms with van der Waals surface area (Å²) < 4.78 is 5.09. The van der Waals surface area contributed by atoms with Gasteiger partial charge < -0.3 is 4.74 Å². The fourth-order valence-electron chi connectivity index (χ4n) is 1.54. The van der Waals surface area contributed by atoms with Crippen LogP contribution in [-0.4, -0.2) is 23.0 Å². The molecule has 0 aliphatic heterocycles. The van der Waals surface area contributed by atoms with Gasteiger partial charge in [-0.1, -0.05) is 17.4 Å². The second-order valence-electron chi connectivity index (χ2n) is 3.65. The standard InChI is InChI=1S/C12H9N3O2S2/c1-17-7-5-8-11(13-6-7)19-12(14-8)15-10(16)9-3-2-4-18-9/h2-6H,1H3,(H,14,15,16). The van der Waals surface area contributed by atoms with Crippen LogP contribution in [0.2, 0.25) is 0 Å². The molecule has 0 atom stereocenters. The summed E-state index contributed by atoms with van der Waals surface area (Å²) in [5, 5.41) is 5.17. The van der Waals surface area contributed by atoms with Crippen molar-refractivity contribution in [3.63, 3.8) is 0 Å². The lowest BCUT2D eigenvalue weighted by Crippen LogP contribution is -2.09. The maximum absolute atomic E-state index is 11.9. The Labute approximate surface area is 116 Å². The van der Waals surface area contributed by atoms with E-state index in [1.807, 2.05) is 11.4 Å². The number of methoxy groups -OCH3 is 1. The smallest absolute Gasteiger partial charge is 0.267 e.